The van der Waals surface area contributed by atoms with Crippen molar-refractivity contribution >= 4 is 17.5 Å². The van der Waals surface area contributed by atoms with Gasteiger partial charge in [-0.15, -0.1) is 0 Å². The minimum Gasteiger partial charge on any atom is -0.450 e. The van der Waals surface area contributed by atoms with Crippen LogP contribution in [0.2, 0.25) is 0 Å². The molecule has 9 atom stereocenters. The summed E-state index contributed by atoms with van der Waals surface area (Å²) in [5.74, 6) is 0.787. The average Bonchev–Trinajstić information content (AvgIpc) is 3.38. The van der Waals surface area contributed by atoms with Crippen molar-refractivity contribution in [3.8, 4) is 0 Å². The lowest BCUT2D eigenvalue weighted by atomic mass is 9.44. The van der Waals surface area contributed by atoms with Crippen molar-refractivity contribution in [2.45, 2.75) is 97.4 Å². The number of carbonyl (C=O) groups is 3. The van der Waals surface area contributed by atoms with E-state index in [1.807, 2.05) is 6.08 Å². The van der Waals surface area contributed by atoms with Gasteiger partial charge >= 0.3 is 5.97 Å². The Morgan fingerprint density at radius 3 is 2.55 bits per heavy atom. The first-order chi connectivity index (χ1) is 14.5. The highest BCUT2D eigenvalue weighted by molar-refractivity contribution is 5.92. The van der Waals surface area contributed by atoms with E-state index in [0.29, 0.717) is 18.3 Å². The fraction of sp³-hybridized carbons (Fsp3) is 0.808. The molecule has 170 valence electrons. The van der Waals surface area contributed by atoms with Gasteiger partial charge in [-0.05, 0) is 56.4 Å². The summed E-state index contributed by atoms with van der Waals surface area (Å²) in [5, 5.41) is 0. The second kappa shape index (κ2) is 6.30. The van der Waals surface area contributed by atoms with Gasteiger partial charge in [0.25, 0.3) is 0 Å². The number of hydrogen-bond acceptors (Lipinski definition) is 5. The Kier molecular flexibility index (Phi) is 4.34. The number of carbonyl (C=O) groups excluding carboxylic acids is 3. The van der Waals surface area contributed by atoms with Crippen LogP contribution in [0.3, 0.4) is 0 Å². The summed E-state index contributed by atoms with van der Waals surface area (Å²) in [5.41, 5.74) is -0.601. The lowest BCUT2D eigenvalue weighted by Gasteiger charge is -2.58. The van der Waals surface area contributed by atoms with Crippen molar-refractivity contribution in [3.63, 3.8) is 0 Å². The van der Waals surface area contributed by atoms with E-state index in [0.717, 1.165) is 25.7 Å². The fourth-order valence-corrected chi connectivity index (χ4v) is 9.02. The maximum atomic E-state index is 13.2. The molecule has 1 aliphatic heterocycles. The van der Waals surface area contributed by atoms with Gasteiger partial charge in [-0.25, -0.2) is 0 Å². The maximum absolute atomic E-state index is 13.2. The lowest BCUT2D eigenvalue weighted by Crippen LogP contribution is -2.63. The number of ketones is 2. The largest absolute Gasteiger partial charge is 0.450 e. The molecular formula is C26H36O5. The first-order valence-electron chi connectivity index (χ1n) is 12.1. The topological polar surface area (TPSA) is 73.0 Å². The van der Waals surface area contributed by atoms with Gasteiger partial charge in [0.1, 0.15) is 5.60 Å². The maximum Gasteiger partial charge on any atom is 0.306 e. The molecule has 0 N–H and O–H groups in total. The summed E-state index contributed by atoms with van der Waals surface area (Å²) in [6.07, 6.45) is 6.23. The Morgan fingerprint density at radius 2 is 1.90 bits per heavy atom. The van der Waals surface area contributed by atoms with E-state index in [2.05, 4.69) is 27.7 Å². The molecule has 5 heteroatoms. The quantitative estimate of drug-likeness (QED) is 0.491. The highest BCUT2D eigenvalue weighted by Crippen LogP contribution is 2.78. The van der Waals surface area contributed by atoms with Crippen LogP contribution in [0.4, 0.5) is 0 Å². The van der Waals surface area contributed by atoms with Gasteiger partial charge in [0.15, 0.2) is 17.2 Å². The number of Topliss-reactive ketones (excluding diaryl/α,β-unsaturated/α-hetero) is 1. The van der Waals surface area contributed by atoms with Crippen LogP contribution < -0.4 is 0 Å². The van der Waals surface area contributed by atoms with Crippen LogP contribution in [0.1, 0.15) is 80.1 Å². The SMILES string of the molecule is CCC(=O)O[C@]1(C(C)=O)[C@@H](C)C[C@H]2[C@@H]3C[C@H](C)C4=CC(=O)CC[C@]4(C)C34O[C@H]4C[C@@]21C. The van der Waals surface area contributed by atoms with Crippen LogP contribution in [0.25, 0.3) is 0 Å². The van der Waals surface area contributed by atoms with E-state index in [4.69, 9.17) is 9.47 Å². The molecular weight excluding hydrogens is 392 g/mol. The van der Waals surface area contributed by atoms with E-state index in [1.54, 1.807) is 13.8 Å². The van der Waals surface area contributed by atoms with Crippen LogP contribution in [0.15, 0.2) is 11.6 Å². The van der Waals surface area contributed by atoms with Gasteiger partial charge in [0.05, 0.1) is 6.10 Å². The molecule has 1 heterocycles. The zero-order valence-electron chi connectivity index (χ0n) is 19.7. The monoisotopic (exact) mass is 428 g/mol. The first-order valence-corrected chi connectivity index (χ1v) is 12.1. The second-order valence-corrected chi connectivity index (χ2v) is 11.5. The van der Waals surface area contributed by atoms with Crippen molar-refractivity contribution < 1.29 is 23.9 Å². The highest BCUT2D eigenvalue weighted by Gasteiger charge is 2.83. The van der Waals surface area contributed by atoms with Gasteiger partial charge < -0.3 is 9.47 Å². The molecule has 1 unspecified atom stereocenters. The predicted molar refractivity (Wildman–Crippen MR) is 115 cm³/mol. The molecule has 3 saturated carbocycles. The standard InChI is InChI=1S/C26H36O5/c1-7-22(29)31-25(16(4)27)15(3)11-19-20-10-14(2)18-12-17(28)8-9-23(18,5)26(20)21(30-26)13-24(19,25)6/h12,14-15,19-21H,7-11,13H2,1-6H3/t14-,15-,19-,20-,21-,23-,24-,25-,26?/m0/s1. The molecule has 0 aromatic heterocycles. The average molecular weight is 429 g/mol. The Morgan fingerprint density at radius 1 is 1.19 bits per heavy atom. The molecule has 5 rings (SSSR count). The van der Waals surface area contributed by atoms with Crippen LogP contribution >= 0.6 is 0 Å². The van der Waals surface area contributed by atoms with Crippen LogP contribution in [0, 0.1) is 34.5 Å². The zero-order chi connectivity index (χ0) is 22.6. The zero-order valence-corrected chi connectivity index (χ0v) is 19.7. The third-order valence-corrected chi connectivity index (χ3v) is 10.3. The molecule has 1 spiro atoms. The summed E-state index contributed by atoms with van der Waals surface area (Å²) < 4.78 is 12.8. The first kappa shape index (κ1) is 21.4. The summed E-state index contributed by atoms with van der Waals surface area (Å²) in [7, 11) is 0. The Bertz CT molecular complexity index is 905. The Balaban J connectivity index is 1.61. The number of hydrogen-bond donors (Lipinski definition) is 0. The van der Waals surface area contributed by atoms with Crippen molar-refractivity contribution in [1.29, 1.82) is 0 Å². The summed E-state index contributed by atoms with van der Waals surface area (Å²) in [4.78, 5) is 37.9. The van der Waals surface area contributed by atoms with Crippen LogP contribution in [0.5, 0.6) is 0 Å². The fourth-order valence-electron chi connectivity index (χ4n) is 9.02. The molecule has 0 radical (unpaired) electrons. The smallest absolute Gasteiger partial charge is 0.306 e. The van der Waals surface area contributed by atoms with E-state index < -0.39 is 11.0 Å². The molecule has 31 heavy (non-hydrogen) atoms. The summed E-state index contributed by atoms with van der Waals surface area (Å²) in [6, 6.07) is 0. The lowest BCUT2D eigenvalue weighted by molar-refractivity contribution is -0.191. The van der Waals surface area contributed by atoms with Crippen molar-refractivity contribution in [1.82, 2.24) is 0 Å². The van der Waals surface area contributed by atoms with Gasteiger partial charge in [-0.2, -0.15) is 0 Å². The normalized spacial score (nSPS) is 52.3. The van der Waals surface area contributed by atoms with Gasteiger partial charge in [-0.3, -0.25) is 14.4 Å². The number of fused-ring (bicyclic) bond motifs is 3. The van der Waals surface area contributed by atoms with Crippen LogP contribution in [-0.4, -0.2) is 34.8 Å². The Labute approximate surface area is 185 Å². The second-order valence-electron chi connectivity index (χ2n) is 11.5. The minimum absolute atomic E-state index is 0.0157. The molecule has 0 amide bonds. The number of epoxide rings is 1. The van der Waals surface area contributed by atoms with E-state index in [1.165, 1.54) is 5.57 Å². The highest BCUT2D eigenvalue weighted by atomic mass is 16.6. The molecule has 5 aliphatic rings. The number of ether oxygens (including phenoxy) is 2. The van der Waals surface area contributed by atoms with Gasteiger partial charge in [0, 0.05) is 29.6 Å². The molecule has 1 saturated heterocycles. The molecule has 0 aromatic carbocycles. The predicted octanol–water partition coefficient (Wildman–Crippen LogP) is 4.42. The van der Waals surface area contributed by atoms with Crippen molar-refractivity contribution in [2.24, 2.45) is 34.5 Å². The number of rotatable bonds is 3. The molecule has 5 nitrogen and oxygen atoms in total. The molecule has 0 aromatic rings. The van der Waals surface area contributed by atoms with E-state index in [-0.39, 0.29) is 52.9 Å². The molecule has 4 fully saturated rings. The summed E-state index contributed by atoms with van der Waals surface area (Å²) >= 11 is 0. The van der Waals surface area contributed by atoms with E-state index in [9.17, 15) is 14.4 Å². The minimum atomic E-state index is -1.08. The van der Waals surface area contributed by atoms with Crippen molar-refractivity contribution in [3.05, 3.63) is 11.6 Å². The van der Waals surface area contributed by atoms with Crippen LogP contribution in [-0.2, 0) is 23.9 Å². The molecule has 4 aliphatic carbocycles. The number of esters is 1. The third kappa shape index (κ3) is 2.29. The Hall–Kier alpha value is -1.49. The summed E-state index contributed by atoms with van der Waals surface area (Å²) in [6.45, 7) is 12.2. The molecule has 0 bridgehead atoms. The third-order valence-electron chi connectivity index (χ3n) is 10.3. The van der Waals surface area contributed by atoms with E-state index >= 15 is 0 Å². The van der Waals surface area contributed by atoms with Crippen molar-refractivity contribution in [2.75, 3.05) is 0 Å². The van der Waals surface area contributed by atoms with Gasteiger partial charge in [-0.1, -0.05) is 40.2 Å². The van der Waals surface area contributed by atoms with Gasteiger partial charge in [0.2, 0.25) is 0 Å².